The molecule has 0 aromatic carbocycles. The predicted molar refractivity (Wildman–Crippen MR) is 138 cm³/mol. The van der Waals surface area contributed by atoms with Crippen LogP contribution in [0.5, 0.6) is 0 Å². The fourth-order valence-corrected chi connectivity index (χ4v) is 3.91. The average molecular weight is 497 g/mol. The number of thioether (sulfide) groups is 1. The van der Waals surface area contributed by atoms with Gasteiger partial charge >= 0.3 is 11.9 Å². The van der Waals surface area contributed by atoms with E-state index in [0.717, 1.165) is 12.8 Å². The Hall–Kier alpha value is -2.36. The van der Waals surface area contributed by atoms with Crippen LogP contribution in [0.1, 0.15) is 58.3 Å². The zero-order valence-electron chi connectivity index (χ0n) is 20.0. The number of carbonyl (C=O) groups excluding carboxylic acids is 1. The van der Waals surface area contributed by atoms with Gasteiger partial charge in [0.15, 0.2) is 0 Å². The SMILES string of the molecule is CCCCC/C=C\C/C=C/C=C\C=C/[C@@H](SC[C@H](N)C(=O)NCC(=O)O)[C@@H](O)CCCC(=O)O. The van der Waals surface area contributed by atoms with Gasteiger partial charge < -0.3 is 26.4 Å². The smallest absolute Gasteiger partial charge is 0.322 e. The number of allylic oxidation sites excluding steroid dienone is 7. The zero-order valence-corrected chi connectivity index (χ0v) is 20.8. The number of amides is 1. The molecule has 34 heavy (non-hydrogen) atoms. The summed E-state index contributed by atoms with van der Waals surface area (Å²) in [6.45, 7) is 1.68. The highest BCUT2D eigenvalue weighted by Crippen LogP contribution is 2.21. The number of rotatable bonds is 20. The first-order valence-corrected chi connectivity index (χ1v) is 12.7. The quantitative estimate of drug-likeness (QED) is 0.0977. The Morgan fingerprint density at radius 1 is 0.971 bits per heavy atom. The minimum Gasteiger partial charge on any atom is -0.481 e. The maximum Gasteiger partial charge on any atom is 0.322 e. The van der Waals surface area contributed by atoms with Crippen LogP contribution in [-0.4, -0.2) is 62.9 Å². The third-order valence-corrected chi connectivity index (χ3v) is 6.08. The molecule has 3 atom stereocenters. The molecule has 9 heteroatoms. The molecule has 0 rings (SSSR count). The van der Waals surface area contributed by atoms with Crippen LogP contribution in [0.2, 0.25) is 0 Å². The summed E-state index contributed by atoms with van der Waals surface area (Å²) in [5.41, 5.74) is 5.82. The molecule has 0 aliphatic carbocycles. The molecule has 0 fully saturated rings. The summed E-state index contributed by atoms with van der Waals surface area (Å²) in [5.74, 6) is -2.49. The minimum absolute atomic E-state index is 0.0347. The van der Waals surface area contributed by atoms with E-state index in [-0.39, 0.29) is 12.2 Å². The van der Waals surface area contributed by atoms with Gasteiger partial charge in [-0.05, 0) is 32.1 Å². The van der Waals surface area contributed by atoms with Crippen LogP contribution in [0.25, 0.3) is 0 Å². The first-order chi connectivity index (χ1) is 16.3. The van der Waals surface area contributed by atoms with Crippen LogP contribution in [0.3, 0.4) is 0 Å². The molecule has 1 amide bonds. The Morgan fingerprint density at radius 2 is 1.71 bits per heavy atom. The Labute approximate surface area is 207 Å². The van der Waals surface area contributed by atoms with Crippen LogP contribution >= 0.6 is 11.8 Å². The molecular weight excluding hydrogens is 456 g/mol. The number of carbonyl (C=O) groups is 3. The van der Waals surface area contributed by atoms with Gasteiger partial charge in [-0.3, -0.25) is 14.4 Å². The van der Waals surface area contributed by atoms with Gasteiger partial charge in [0.25, 0.3) is 0 Å². The highest BCUT2D eigenvalue weighted by atomic mass is 32.2. The molecule has 0 aliphatic heterocycles. The van der Waals surface area contributed by atoms with Crippen LogP contribution < -0.4 is 11.1 Å². The van der Waals surface area contributed by atoms with Gasteiger partial charge in [-0.1, -0.05) is 68.4 Å². The fraction of sp³-hybridized carbons (Fsp3) is 0.560. The highest BCUT2D eigenvalue weighted by Gasteiger charge is 2.21. The molecule has 8 nitrogen and oxygen atoms in total. The Morgan fingerprint density at radius 3 is 2.38 bits per heavy atom. The van der Waals surface area contributed by atoms with Crippen molar-refractivity contribution in [2.24, 2.45) is 5.73 Å². The van der Waals surface area contributed by atoms with Gasteiger partial charge in [-0.2, -0.15) is 0 Å². The number of carboxylic acid groups (broad SMARTS) is 2. The number of hydrogen-bond donors (Lipinski definition) is 5. The number of aliphatic hydroxyl groups is 1. The molecule has 192 valence electrons. The van der Waals surface area contributed by atoms with Crippen LogP contribution in [0.4, 0.5) is 0 Å². The van der Waals surface area contributed by atoms with Gasteiger partial charge in [0, 0.05) is 17.4 Å². The molecule has 0 bridgehead atoms. The van der Waals surface area contributed by atoms with E-state index in [4.69, 9.17) is 15.9 Å². The van der Waals surface area contributed by atoms with E-state index in [9.17, 15) is 19.5 Å². The molecule has 0 aromatic heterocycles. The van der Waals surface area contributed by atoms with Crippen molar-refractivity contribution in [1.29, 1.82) is 0 Å². The van der Waals surface area contributed by atoms with Crippen LogP contribution in [0.15, 0.2) is 48.6 Å². The van der Waals surface area contributed by atoms with Crippen molar-refractivity contribution >= 4 is 29.6 Å². The summed E-state index contributed by atoms with van der Waals surface area (Å²) >= 11 is 1.26. The molecule has 0 saturated heterocycles. The van der Waals surface area contributed by atoms with Gasteiger partial charge in [-0.15, -0.1) is 11.8 Å². The molecule has 6 N–H and O–H groups in total. The lowest BCUT2D eigenvalue weighted by Crippen LogP contribution is -2.44. The first kappa shape index (κ1) is 31.6. The topological polar surface area (TPSA) is 150 Å². The molecule has 0 saturated carbocycles. The number of nitrogens with two attached hydrogens (primary N) is 1. The fourth-order valence-electron chi connectivity index (χ4n) is 2.77. The number of unbranched alkanes of at least 4 members (excludes halogenated alkanes) is 3. The van der Waals surface area contributed by atoms with E-state index in [1.807, 2.05) is 24.3 Å². The second-order valence-electron chi connectivity index (χ2n) is 7.77. The summed E-state index contributed by atoms with van der Waals surface area (Å²) in [4.78, 5) is 33.2. The number of aliphatic hydroxyl groups excluding tert-OH is 1. The van der Waals surface area contributed by atoms with E-state index in [2.05, 4.69) is 24.4 Å². The van der Waals surface area contributed by atoms with Gasteiger partial charge in [0.1, 0.15) is 6.54 Å². The van der Waals surface area contributed by atoms with Crippen molar-refractivity contribution < 1.29 is 29.7 Å². The summed E-state index contributed by atoms with van der Waals surface area (Å²) in [7, 11) is 0. The average Bonchev–Trinajstić information content (AvgIpc) is 2.79. The number of nitrogens with one attached hydrogen (secondary N) is 1. The van der Waals surface area contributed by atoms with E-state index in [1.165, 1.54) is 31.0 Å². The van der Waals surface area contributed by atoms with Gasteiger partial charge in [-0.25, -0.2) is 0 Å². The largest absolute Gasteiger partial charge is 0.481 e. The maximum atomic E-state index is 11.9. The lowest BCUT2D eigenvalue weighted by molar-refractivity contribution is -0.138. The lowest BCUT2D eigenvalue weighted by atomic mass is 10.1. The summed E-state index contributed by atoms with van der Waals surface area (Å²) in [6, 6.07) is -0.931. The number of aliphatic carboxylic acids is 2. The molecule has 0 radical (unpaired) electrons. The second-order valence-corrected chi connectivity index (χ2v) is 8.98. The highest BCUT2D eigenvalue weighted by molar-refractivity contribution is 8.00. The van der Waals surface area contributed by atoms with Crippen molar-refractivity contribution in [3.63, 3.8) is 0 Å². The maximum absolute atomic E-state index is 11.9. The predicted octanol–water partition coefficient (Wildman–Crippen LogP) is 3.43. The van der Waals surface area contributed by atoms with Gasteiger partial charge in [0.2, 0.25) is 5.91 Å². The Balaban J connectivity index is 4.70. The molecular formula is C25H40N2O6S. The first-order valence-electron chi connectivity index (χ1n) is 11.7. The van der Waals surface area contributed by atoms with Gasteiger partial charge in [0.05, 0.1) is 12.1 Å². The lowest BCUT2D eigenvalue weighted by Gasteiger charge is -2.21. The normalized spacial score (nSPS) is 14.8. The van der Waals surface area contributed by atoms with Crippen molar-refractivity contribution in [1.82, 2.24) is 5.32 Å². The minimum atomic E-state index is -1.16. The Bertz CT molecular complexity index is 706. The molecule has 0 aromatic rings. The third kappa shape index (κ3) is 19.1. The van der Waals surface area contributed by atoms with Crippen molar-refractivity contribution in [3.05, 3.63) is 48.6 Å². The Kier molecular flexibility index (Phi) is 19.7. The zero-order chi connectivity index (χ0) is 25.6. The van der Waals surface area contributed by atoms with E-state index in [1.54, 1.807) is 12.2 Å². The summed E-state index contributed by atoms with van der Waals surface area (Å²) in [6.07, 6.45) is 21.1. The van der Waals surface area contributed by atoms with Crippen molar-refractivity contribution in [2.45, 2.75) is 75.7 Å². The monoisotopic (exact) mass is 496 g/mol. The second kappa shape index (κ2) is 21.2. The van der Waals surface area contributed by atoms with E-state index < -0.39 is 41.8 Å². The molecule has 0 heterocycles. The molecule has 0 spiro atoms. The standard InChI is InChI=1S/C25H40N2O6S/c1-2-3-4-5-6-7-8-9-10-11-12-13-16-22(21(28)15-14-17-23(29)30)34-19-20(26)25(33)27-18-24(31)32/h6-7,9-13,16,20-22,28H,2-5,8,14-15,17-19,26H2,1H3,(H,27,33)(H,29,30)(H,31,32)/b7-6-,10-9+,12-11-,16-13-/t20-,21-,22+/m0/s1. The summed E-state index contributed by atoms with van der Waals surface area (Å²) < 4.78 is 0. The number of carboxylic acids is 2. The van der Waals surface area contributed by atoms with Crippen molar-refractivity contribution in [3.8, 4) is 0 Å². The van der Waals surface area contributed by atoms with Crippen LogP contribution in [-0.2, 0) is 14.4 Å². The molecule has 0 unspecified atom stereocenters. The number of hydrogen-bond acceptors (Lipinski definition) is 6. The summed E-state index contributed by atoms with van der Waals surface area (Å²) in [5, 5.41) is 29.8. The van der Waals surface area contributed by atoms with E-state index >= 15 is 0 Å². The van der Waals surface area contributed by atoms with Crippen molar-refractivity contribution in [2.75, 3.05) is 12.3 Å². The molecule has 0 aliphatic rings. The third-order valence-electron chi connectivity index (χ3n) is 4.67. The van der Waals surface area contributed by atoms with E-state index in [0.29, 0.717) is 12.8 Å². The van der Waals surface area contributed by atoms with Crippen LogP contribution in [0, 0.1) is 0 Å².